The highest BCUT2D eigenvalue weighted by atomic mass is 35.5. The van der Waals surface area contributed by atoms with Gasteiger partial charge in [-0.1, -0.05) is 11.6 Å². The molecule has 2 atom stereocenters. The van der Waals surface area contributed by atoms with Crippen molar-refractivity contribution in [3.8, 4) is 0 Å². The molecule has 2 aromatic rings. The van der Waals surface area contributed by atoms with E-state index in [9.17, 15) is 34.0 Å². The molecule has 12 heteroatoms. The average Bonchev–Trinajstić information content (AvgIpc) is 3.27. The minimum atomic E-state index is -1.07. The van der Waals surface area contributed by atoms with Crippen molar-refractivity contribution in [1.29, 1.82) is 0 Å². The second kappa shape index (κ2) is 10.6. The van der Waals surface area contributed by atoms with Crippen molar-refractivity contribution in [2.45, 2.75) is 37.8 Å². The van der Waals surface area contributed by atoms with Crippen LogP contribution in [-0.4, -0.2) is 58.5 Å². The minimum absolute atomic E-state index is 0.0563. The van der Waals surface area contributed by atoms with Crippen LogP contribution in [-0.2, 0) is 14.3 Å². The molecule has 0 radical (unpaired) electrons. The van der Waals surface area contributed by atoms with E-state index in [1.807, 2.05) is 0 Å². The van der Waals surface area contributed by atoms with Crippen LogP contribution in [0.4, 0.5) is 15.8 Å². The van der Waals surface area contributed by atoms with Gasteiger partial charge in [0.25, 0.3) is 11.6 Å². The summed E-state index contributed by atoms with van der Waals surface area (Å²) >= 11 is 6.17. The summed E-state index contributed by atoms with van der Waals surface area (Å²) in [5.74, 6) is -2.60. The summed E-state index contributed by atoms with van der Waals surface area (Å²) in [6.45, 7) is 0.186. The van der Waals surface area contributed by atoms with Crippen LogP contribution in [0.25, 0.3) is 0 Å². The zero-order valence-electron chi connectivity index (χ0n) is 19.1. The van der Waals surface area contributed by atoms with E-state index >= 15 is 0 Å². The molecular formula is C24H23ClFN3O7. The molecule has 0 bridgehead atoms. The van der Waals surface area contributed by atoms with Gasteiger partial charge in [-0.3, -0.25) is 19.7 Å². The summed E-state index contributed by atoms with van der Waals surface area (Å²) in [6.07, 6.45) is 1.08. The number of ether oxygens (including phenoxy) is 1. The molecule has 0 aliphatic carbocycles. The number of nitro benzene ring substituents is 1. The standard InChI is InChI=1S/C24H23ClFN3O7/c25-18-12-15(29(34)35)6-7-16(18)23(31)28-10-2-4-21(17-11-14(26)5-8-19(17)28)36-13-22(30)27-9-1-3-20(27)24(32)33/h5-8,11-12,20-21H,1-4,9-10,13H2,(H,32,33)/t20-,21?/m0/s1. The molecule has 2 aliphatic heterocycles. The molecule has 1 unspecified atom stereocenters. The fraction of sp³-hybridized carbons (Fsp3) is 0.375. The second-order valence-corrected chi connectivity index (χ2v) is 9.01. The molecule has 4 rings (SSSR count). The molecular weight excluding hydrogens is 497 g/mol. The maximum absolute atomic E-state index is 14.2. The number of benzene rings is 2. The molecule has 1 fully saturated rings. The predicted molar refractivity (Wildman–Crippen MR) is 126 cm³/mol. The number of hydrogen-bond acceptors (Lipinski definition) is 6. The quantitative estimate of drug-likeness (QED) is 0.451. The Kier molecular flexibility index (Phi) is 7.51. The number of hydrogen-bond donors (Lipinski definition) is 1. The van der Waals surface area contributed by atoms with Gasteiger partial charge >= 0.3 is 5.97 Å². The Morgan fingerprint density at radius 3 is 2.58 bits per heavy atom. The van der Waals surface area contributed by atoms with Gasteiger partial charge in [-0.25, -0.2) is 9.18 Å². The smallest absolute Gasteiger partial charge is 0.326 e. The highest BCUT2D eigenvalue weighted by Gasteiger charge is 2.35. The Labute approximate surface area is 210 Å². The second-order valence-electron chi connectivity index (χ2n) is 8.61. The van der Waals surface area contributed by atoms with E-state index < -0.39 is 40.7 Å². The topological polar surface area (TPSA) is 130 Å². The SMILES string of the molecule is O=C(O)[C@@H]1CCCN1C(=O)COC1CCCN(C(=O)c2ccc([N+](=O)[O-])cc2Cl)c2ccc(F)cc21. The van der Waals surface area contributed by atoms with E-state index in [2.05, 4.69) is 0 Å². The molecule has 2 aromatic carbocycles. The number of anilines is 1. The largest absolute Gasteiger partial charge is 0.480 e. The summed E-state index contributed by atoms with van der Waals surface area (Å²) < 4.78 is 20.1. The number of carboxylic acid groups (broad SMARTS) is 1. The van der Waals surface area contributed by atoms with Crippen molar-refractivity contribution >= 4 is 40.8 Å². The Bertz CT molecular complexity index is 1220. The molecule has 1 saturated heterocycles. The van der Waals surface area contributed by atoms with Crippen LogP contribution in [0.3, 0.4) is 0 Å². The molecule has 2 heterocycles. The van der Waals surface area contributed by atoms with Crippen molar-refractivity contribution in [3.63, 3.8) is 0 Å². The number of carbonyl (C=O) groups excluding carboxylic acids is 2. The molecule has 190 valence electrons. The van der Waals surface area contributed by atoms with Crippen LogP contribution in [0.5, 0.6) is 0 Å². The van der Waals surface area contributed by atoms with Gasteiger partial charge in [0.05, 0.1) is 21.6 Å². The zero-order chi connectivity index (χ0) is 26.0. The monoisotopic (exact) mass is 519 g/mol. The number of rotatable bonds is 6. The number of carbonyl (C=O) groups is 3. The first kappa shape index (κ1) is 25.5. The molecule has 36 heavy (non-hydrogen) atoms. The molecule has 2 amide bonds. The van der Waals surface area contributed by atoms with Crippen LogP contribution in [0, 0.1) is 15.9 Å². The first-order chi connectivity index (χ1) is 17.2. The molecule has 1 N–H and O–H groups in total. The van der Waals surface area contributed by atoms with Gasteiger partial charge in [0, 0.05) is 36.5 Å². The van der Waals surface area contributed by atoms with E-state index in [-0.39, 0.29) is 29.4 Å². The number of likely N-dealkylation sites (tertiary alicyclic amines) is 1. The summed E-state index contributed by atoms with van der Waals surface area (Å²) in [7, 11) is 0. The lowest BCUT2D eigenvalue weighted by Crippen LogP contribution is -2.42. The first-order valence-corrected chi connectivity index (χ1v) is 11.7. The van der Waals surface area contributed by atoms with Gasteiger partial charge in [0.1, 0.15) is 18.5 Å². The number of aliphatic carboxylic acids is 1. The molecule has 0 saturated carbocycles. The number of nitro groups is 1. The Balaban J connectivity index is 1.57. The molecule has 0 spiro atoms. The minimum Gasteiger partial charge on any atom is -0.480 e. The highest BCUT2D eigenvalue weighted by molar-refractivity contribution is 6.34. The number of amides is 2. The number of fused-ring (bicyclic) bond motifs is 1. The Morgan fingerprint density at radius 2 is 1.89 bits per heavy atom. The van der Waals surface area contributed by atoms with Crippen LogP contribution in [0.15, 0.2) is 36.4 Å². The van der Waals surface area contributed by atoms with Crippen molar-refractivity contribution in [3.05, 3.63) is 68.5 Å². The van der Waals surface area contributed by atoms with Gasteiger partial charge in [-0.15, -0.1) is 0 Å². The van der Waals surface area contributed by atoms with E-state index in [1.54, 1.807) is 0 Å². The third-order valence-corrected chi connectivity index (χ3v) is 6.69. The average molecular weight is 520 g/mol. The third-order valence-electron chi connectivity index (χ3n) is 6.38. The van der Waals surface area contributed by atoms with Crippen molar-refractivity contribution < 1.29 is 33.5 Å². The molecule has 10 nitrogen and oxygen atoms in total. The van der Waals surface area contributed by atoms with Crippen molar-refractivity contribution in [2.24, 2.45) is 0 Å². The molecule has 0 aromatic heterocycles. The van der Waals surface area contributed by atoms with Crippen LogP contribution in [0.1, 0.15) is 47.7 Å². The first-order valence-electron chi connectivity index (χ1n) is 11.4. The lowest BCUT2D eigenvalue weighted by molar-refractivity contribution is -0.384. The van der Waals surface area contributed by atoms with Crippen molar-refractivity contribution in [2.75, 3.05) is 24.6 Å². The van der Waals surface area contributed by atoms with Crippen LogP contribution < -0.4 is 4.90 Å². The van der Waals surface area contributed by atoms with E-state index in [1.165, 1.54) is 40.1 Å². The van der Waals surface area contributed by atoms with Gasteiger partial charge in [-0.05, 0) is 49.9 Å². The number of nitrogens with zero attached hydrogens (tertiary/aromatic N) is 3. The fourth-order valence-electron chi connectivity index (χ4n) is 4.64. The van der Waals surface area contributed by atoms with E-state index in [0.29, 0.717) is 43.5 Å². The lowest BCUT2D eigenvalue weighted by Gasteiger charge is -2.25. The van der Waals surface area contributed by atoms with E-state index in [4.69, 9.17) is 16.3 Å². The molecule has 2 aliphatic rings. The van der Waals surface area contributed by atoms with Gasteiger partial charge in [0.2, 0.25) is 5.91 Å². The highest BCUT2D eigenvalue weighted by Crippen LogP contribution is 2.37. The maximum Gasteiger partial charge on any atom is 0.326 e. The zero-order valence-corrected chi connectivity index (χ0v) is 19.8. The van der Waals surface area contributed by atoms with Crippen molar-refractivity contribution in [1.82, 2.24) is 4.90 Å². The summed E-state index contributed by atoms with van der Waals surface area (Å²) in [5.41, 5.74) is 0.537. The summed E-state index contributed by atoms with van der Waals surface area (Å²) in [5, 5.41) is 20.2. The predicted octanol–water partition coefficient (Wildman–Crippen LogP) is 3.96. The Hall–Kier alpha value is -3.57. The van der Waals surface area contributed by atoms with Crippen LogP contribution >= 0.6 is 11.6 Å². The van der Waals surface area contributed by atoms with Gasteiger partial charge in [-0.2, -0.15) is 0 Å². The third kappa shape index (κ3) is 5.17. The number of halogens is 2. The summed E-state index contributed by atoms with van der Waals surface area (Å²) in [4.78, 5) is 50.5. The van der Waals surface area contributed by atoms with Gasteiger partial charge in [0.15, 0.2) is 0 Å². The Morgan fingerprint density at radius 1 is 1.14 bits per heavy atom. The summed E-state index contributed by atoms with van der Waals surface area (Å²) in [6, 6.07) is 6.54. The number of carboxylic acids is 1. The van der Waals surface area contributed by atoms with E-state index in [0.717, 1.165) is 6.07 Å². The van der Waals surface area contributed by atoms with Gasteiger partial charge < -0.3 is 19.6 Å². The normalized spacial score (nSPS) is 19.5. The number of non-ortho nitro benzene ring substituents is 1. The van der Waals surface area contributed by atoms with Crippen LogP contribution in [0.2, 0.25) is 5.02 Å². The lowest BCUT2D eigenvalue weighted by atomic mass is 10.0. The fourth-order valence-corrected chi connectivity index (χ4v) is 4.89. The maximum atomic E-state index is 14.2.